The summed E-state index contributed by atoms with van der Waals surface area (Å²) in [6, 6.07) is 15.9. The van der Waals surface area contributed by atoms with Gasteiger partial charge in [-0.15, -0.1) is 0 Å². The first-order valence-corrected chi connectivity index (χ1v) is 6.04. The highest BCUT2D eigenvalue weighted by Gasteiger charge is 2.13. The van der Waals surface area contributed by atoms with E-state index in [2.05, 4.69) is 6.07 Å². The molecule has 0 unspecified atom stereocenters. The van der Waals surface area contributed by atoms with Gasteiger partial charge in [0.05, 0.1) is 18.7 Å². The molecule has 0 bridgehead atoms. The average molecular weight is 267 g/mol. The number of ether oxygens (including phenoxy) is 2. The number of carbonyl (C=O) groups is 1. The number of methoxy groups -OCH3 is 1. The van der Waals surface area contributed by atoms with Crippen molar-refractivity contribution in [1.29, 1.82) is 5.26 Å². The number of nitriles is 1. The van der Waals surface area contributed by atoms with Crippen LogP contribution >= 0.6 is 0 Å². The van der Waals surface area contributed by atoms with E-state index in [1.165, 1.54) is 7.11 Å². The molecule has 0 radical (unpaired) electrons. The van der Waals surface area contributed by atoms with Gasteiger partial charge in [0, 0.05) is 5.56 Å². The molecule has 0 saturated heterocycles. The average Bonchev–Trinajstić information content (AvgIpc) is 2.52. The van der Waals surface area contributed by atoms with Gasteiger partial charge in [0.1, 0.15) is 17.9 Å². The highest BCUT2D eigenvalue weighted by atomic mass is 16.5. The maximum Gasteiger partial charge on any atom is 0.342 e. The molecule has 4 heteroatoms. The lowest BCUT2D eigenvalue weighted by Gasteiger charge is -2.09. The molecule has 0 spiro atoms. The second-order valence-electron chi connectivity index (χ2n) is 4.05. The predicted molar refractivity (Wildman–Crippen MR) is 73.3 cm³/mol. The van der Waals surface area contributed by atoms with Crippen molar-refractivity contribution < 1.29 is 14.3 Å². The van der Waals surface area contributed by atoms with Crippen molar-refractivity contribution in [2.24, 2.45) is 0 Å². The van der Waals surface area contributed by atoms with E-state index in [0.717, 1.165) is 0 Å². The Hall–Kier alpha value is -2.80. The zero-order chi connectivity index (χ0) is 14.4. The van der Waals surface area contributed by atoms with E-state index in [1.54, 1.807) is 48.5 Å². The molecular formula is C16H13NO3. The number of para-hydroxylation sites is 1. The van der Waals surface area contributed by atoms with E-state index in [4.69, 9.17) is 14.7 Å². The normalized spacial score (nSPS) is 9.60. The second-order valence-corrected chi connectivity index (χ2v) is 4.05. The summed E-state index contributed by atoms with van der Waals surface area (Å²) in [6.07, 6.45) is 0. The molecule has 0 aliphatic heterocycles. The third-order valence-corrected chi connectivity index (χ3v) is 2.82. The van der Waals surface area contributed by atoms with Crippen LogP contribution in [0.15, 0.2) is 48.5 Å². The molecule has 0 aliphatic carbocycles. The van der Waals surface area contributed by atoms with Gasteiger partial charge in [-0.1, -0.05) is 30.3 Å². The number of rotatable bonds is 4. The first-order chi connectivity index (χ1) is 9.76. The third kappa shape index (κ3) is 2.96. The highest BCUT2D eigenvalue weighted by Crippen LogP contribution is 2.19. The van der Waals surface area contributed by atoms with E-state index in [0.29, 0.717) is 22.4 Å². The fraction of sp³-hybridized carbons (Fsp3) is 0.125. The van der Waals surface area contributed by atoms with Crippen LogP contribution in [0, 0.1) is 11.3 Å². The molecule has 4 nitrogen and oxygen atoms in total. The first kappa shape index (κ1) is 13.6. The quantitative estimate of drug-likeness (QED) is 0.799. The van der Waals surface area contributed by atoms with E-state index in [9.17, 15) is 4.79 Å². The Labute approximate surface area is 117 Å². The van der Waals surface area contributed by atoms with Crippen LogP contribution in [0.2, 0.25) is 0 Å². The lowest BCUT2D eigenvalue weighted by Crippen LogP contribution is -2.07. The largest absolute Gasteiger partial charge is 0.496 e. The molecule has 0 aromatic heterocycles. The van der Waals surface area contributed by atoms with Crippen molar-refractivity contribution in [1.82, 2.24) is 0 Å². The van der Waals surface area contributed by atoms with Gasteiger partial charge >= 0.3 is 5.97 Å². The molecule has 0 N–H and O–H groups in total. The lowest BCUT2D eigenvalue weighted by molar-refractivity contribution is 0.0469. The van der Waals surface area contributed by atoms with Crippen LogP contribution in [0.25, 0.3) is 0 Å². The molecule has 0 atom stereocenters. The third-order valence-electron chi connectivity index (χ3n) is 2.82. The predicted octanol–water partition coefficient (Wildman–Crippen LogP) is 2.92. The summed E-state index contributed by atoms with van der Waals surface area (Å²) in [6.45, 7) is 0.0562. The van der Waals surface area contributed by atoms with Gasteiger partial charge in [0.25, 0.3) is 0 Å². The highest BCUT2D eigenvalue weighted by molar-refractivity contribution is 5.92. The van der Waals surface area contributed by atoms with Crippen LogP contribution in [0.3, 0.4) is 0 Å². The van der Waals surface area contributed by atoms with E-state index in [1.807, 2.05) is 0 Å². The molecule has 0 heterocycles. The topological polar surface area (TPSA) is 59.3 Å². The summed E-state index contributed by atoms with van der Waals surface area (Å²) in [5.41, 5.74) is 1.54. The molecular weight excluding hydrogens is 254 g/mol. The summed E-state index contributed by atoms with van der Waals surface area (Å²) in [4.78, 5) is 12.0. The van der Waals surface area contributed by atoms with Crippen LogP contribution in [0.1, 0.15) is 21.5 Å². The molecule has 100 valence electrons. The number of esters is 1. The summed E-state index contributed by atoms with van der Waals surface area (Å²) in [5.74, 6) is -0.0127. The van der Waals surface area contributed by atoms with Crippen LogP contribution in [-0.2, 0) is 11.3 Å². The van der Waals surface area contributed by atoms with Crippen LogP contribution < -0.4 is 4.74 Å². The molecule has 2 aromatic carbocycles. The summed E-state index contributed by atoms with van der Waals surface area (Å²) < 4.78 is 10.3. The first-order valence-electron chi connectivity index (χ1n) is 6.04. The Kier molecular flexibility index (Phi) is 4.35. The molecule has 0 aliphatic rings. The monoisotopic (exact) mass is 267 g/mol. The van der Waals surface area contributed by atoms with Crippen molar-refractivity contribution >= 4 is 5.97 Å². The minimum atomic E-state index is -0.477. The Morgan fingerprint density at radius 2 is 1.85 bits per heavy atom. The van der Waals surface area contributed by atoms with Gasteiger partial charge < -0.3 is 9.47 Å². The van der Waals surface area contributed by atoms with Crippen LogP contribution in [0.4, 0.5) is 0 Å². The van der Waals surface area contributed by atoms with Gasteiger partial charge in [-0.25, -0.2) is 4.79 Å². The van der Waals surface area contributed by atoms with Crippen LogP contribution in [-0.4, -0.2) is 13.1 Å². The van der Waals surface area contributed by atoms with E-state index in [-0.39, 0.29) is 6.61 Å². The number of carbonyl (C=O) groups excluding carboxylic acids is 1. The maximum atomic E-state index is 12.0. The summed E-state index contributed by atoms with van der Waals surface area (Å²) in [5, 5.41) is 8.97. The molecule has 20 heavy (non-hydrogen) atoms. The molecule has 0 saturated carbocycles. The smallest absolute Gasteiger partial charge is 0.342 e. The zero-order valence-electron chi connectivity index (χ0n) is 11.0. The number of benzene rings is 2. The van der Waals surface area contributed by atoms with Crippen molar-refractivity contribution in [2.75, 3.05) is 7.11 Å². The fourth-order valence-corrected chi connectivity index (χ4v) is 1.79. The van der Waals surface area contributed by atoms with Crippen LogP contribution in [0.5, 0.6) is 5.75 Å². The molecule has 2 aromatic rings. The van der Waals surface area contributed by atoms with Crippen molar-refractivity contribution in [2.45, 2.75) is 6.61 Å². The van der Waals surface area contributed by atoms with Crippen molar-refractivity contribution in [3.63, 3.8) is 0 Å². The SMILES string of the molecule is COc1ccccc1C(=O)OCc1ccccc1C#N. The number of hydrogen-bond acceptors (Lipinski definition) is 4. The van der Waals surface area contributed by atoms with Gasteiger partial charge in [-0.3, -0.25) is 0 Å². The fourth-order valence-electron chi connectivity index (χ4n) is 1.79. The van der Waals surface area contributed by atoms with E-state index < -0.39 is 5.97 Å². The Balaban J connectivity index is 2.11. The molecule has 0 amide bonds. The number of nitrogens with zero attached hydrogens (tertiary/aromatic N) is 1. The summed E-state index contributed by atoms with van der Waals surface area (Å²) >= 11 is 0. The second kappa shape index (κ2) is 6.39. The molecule has 2 rings (SSSR count). The minimum Gasteiger partial charge on any atom is -0.496 e. The Bertz CT molecular complexity index is 659. The zero-order valence-corrected chi connectivity index (χ0v) is 11.0. The Morgan fingerprint density at radius 3 is 2.60 bits per heavy atom. The maximum absolute atomic E-state index is 12.0. The van der Waals surface area contributed by atoms with Crippen molar-refractivity contribution in [3.05, 3.63) is 65.2 Å². The standard InChI is InChI=1S/C16H13NO3/c1-19-15-9-5-4-8-14(15)16(18)20-11-13-7-3-2-6-12(13)10-17/h2-9H,11H2,1H3. The molecule has 0 fully saturated rings. The van der Waals surface area contributed by atoms with E-state index >= 15 is 0 Å². The summed E-state index contributed by atoms with van der Waals surface area (Å²) in [7, 11) is 1.50. The van der Waals surface area contributed by atoms with Gasteiger partial charge in [-0.05, 0) is 18.2 Å². The lowest BCUT2D eigenvalue weighted by atomic mass is 10.1. The number of hydrogen-bond donors (Lipinski definition) is 0. The van der Waals surface area contributed by atoms with Crippen molar-refractivity contribution in [3.8, 4) is 11.8 Å². The van der Waals surface area contributed by atoms with Gasteiger partial charge in [0.2, 0.25) is 0 Å². The van der Waals surface area contributed by atoms with Gasteiger partial charge in [0.15, 0.2) is 0 Å². The van der Waals surface area contributed by atoms with Gasteiger partial charge in [-0.2, -0.15) is 5.26 Å². The Morgan fingerprint density at radius 1 is 1.15 bits per heavy atom. The minimum absolute atomic E-state index is 0.0562.